The first-order valence-corrected chi connectivity index (χ1v) is 6.30. The van der Waals surface area contributed by atoms with Crippen LogP contribution in [0.1, 0.15) is 26.5 Å². The summed E-state index contributed by atoms with van der Waals surface area (Å²) in [5.41, 5.74) is -3.26. The van der Waals surface area contributed by atoms with Gasteiger partial charge in [-0.25, -0.2) is 9.18 Å². The number of aliphatic hydroxyl groups excluding tert-OH is 1. The Morgan fingerprint density at radius 1 is 1.55 bits per heavy atom. The molecule has 2 heterocycles. The number of nitrogens with zero attached hydrogens (tertiary/aromatic N) is 1. The highest BCUT2D eigenvalue weighted by Crippen LogP contribution is 2.44. The SMILES string of the molecule is CC[C@@]1(CO)O[C@@H](n2cc(F)c(=O)[nH]c2=O)[C@@H](F)[C@@H]1C. The first kappa shape index (κ1) is 14.9. The molecule has 1 saturated heterocycles. The van der Waals surface area contributed by atoms with Crippen molar-refractivity contribution in [3.05, 3.63) is 32.9 Å². The number of hydrogen-bond donors (Lipinski definition) is 2. The summed E-state index contributed by atoms with van der Waals surface area (Å²) in [6.07, 6.45) is -2.03. The smallest absolute Gasteiger partial charge is 0.330 e. The van der Waals surface area contributed by atoms with Crippen LogP contribution >= 0.6 is 0 Å². The third kappa shape index (κ3) is 2.08. The van der Waals surface area contributed by atoms with Crippen LogP contribution in [-0.4, -0.2) is 33.0 Å². The Bertz CT molecular complexity index is 608. The lowest BCUT2D eigenvalue weighted by Gasteiger charge is -2.29. The number of H-pyrrole nitrogens is 1. The number of nitrogens with one attached hydrogen (secondary N) is 1. The van der Waals surface area contributed by atoms with E-state index in [0.717, 1.165) is 0 Å². The summed E-state index contributed by atoms with van der Waals surface area (Å²) in [5.74, 6) is -1.88. The van der Waals surface area contributed by atoms with Crippen molar-refractivity contribution in [1.82, 2.24) is 9.55 Å². The molecule has 2 N–H and O–H groups in total. The topological polar surface area (TPSA) is 84.3 Å². The molecule has 6 nitrogen and oxygen atoms in total. The number of aromatic nitrogens is 2. The largest absolute Gasteiger partial charge is 0.393 e. The summed E-state index contributed by atoms with van der Waals surface area (Å²) in [6, 6.07) is 0. The van der Waals surface area contributed by atoms with Crippen LogP contribution in [0, 0.1) is 11.7 Å². The van der Waals surface area contributed by atoms with Gasteiger partial charge in [-0.1, -0.05) is 13.8 Å². The van der Waals surface area contributed by atoms with E-state index in [1.54, 1.807) is 18.8 Å². The van der Waals surface area contributed by atoms with E-state index in [4.69, 9.17) is 4.74 Å². The number of halogens is 2. The van der Waals surface area contributed by atoms with Crippen LogP contribution in [0.15, 0.2) is 15.8 Å². The van der Waals surface area contributed by atoms with E-state index < -0.39 is 47.6 Å². The van der Waals surface area contributed by atoms with Gasteiger partial charge in [0, 0.05) is 5.92 Å². The second kappa shape index (κ2) is 5.10. The van der Waals surface area contributed by atoms with Gasteiger partial charge < -0.3 is 9.84 Å². The fraction of sp³-hybridized carbons (Fsp3) is 0.667. The molecule has 1 fully saturated rings. The molecule has 0 aliphatic carbocycles. The molecular weight excluding hydrogens is 274 g/mol. The zero-order valence-corrected chi connectivity index (χ0v) is 11.1. The van der Waals surface area contributed by atoms with Crippen LogP contribution < -0.4 is 11.2 Å². The maximum Gasteiger partial charge on any atom is 0.330 e. The van der Waals surface area contributed by atoms with E-state index in [1.165, 1.54) is 0 Å². The van der Waals surface area contributed by atoms with Crippen molar-refractivity contribution in [2.75, 3.05) is 6.61 Å². The van der Waals surface area contributed by atoms with Gasteiger partial charge >= 0.3 is 5.69 Å². The Balaban J connectivity index is 2.47. The summed E-state index contributed by atoms with van der Waals surface area (Å²) in [6.45, 7) is 2.86. The molecule has 112 valence electrons. The van der Waals surface area contributed by atoms with E-state index in [2.05, 4.69) is 0 Å². The van der Waals surface area contributed by atoms with E-state index in [-0.39, 0.29) is 0 Å². The Morgan fingerprint density at radius 3 is 2.70 bits per heavy atom. The second-order valence-electron chi connectivity index (χ2n) is 4.96. The van der Waals surface area contributed by atoms with Gasteiger partial charge in [0.1, 0.15) is 0 Å². The zero-order valence-electron chi connectivity index (χ0n) is 11.1. The molecule has 0 bridgehead atoms. The fourth-order valence-electron chi connectivity index (χ4n) is 2.51. The molecule has 1 aromatic heterocycles. The minimum Gasteiger partial charge on any atom is -0.393 e. The van der Waals surface area contributed by atoms with Crippen molar-refractivity contribution in [3.8, 4) is 0 Å². The molecular formula is C12H16F2N2O4. The first-order valence-electron chi connectivity index (χ1n) is 6.30. The van der Waals surface area contributed by atoms with E-state index in [9.17, 15) is 23.5 Å². The molecule has 2 rings (SSSR count). The average Bonchev–Trinajstić information content (AvgIpc) is 2.68. The standard InChI is InChI=1S/C12H16F2N2O4/c1-3-12(5-17)6(2)8(14)10(20-12)16-4-7(13)9(18)15-11(16)19/h4,6,8,10,17H,3,5H2,1-2H3,(H,15,18,19)/t6-,8-,10+,12-/m0/s1. The van der Waals surface area contributed by atoms with Crippen molar-refractivity contribution in [3.63, 3.8) is 0 Å². The summed E-state index contributed by atoms with van der Waals surface area (Å²) in [7, 11) is 0. The number of rotatable bonds is 3. The number of aromatic amines is 1. The molecule has 0 spiro atoms. The third-order valence-corrected chi connectivity index (χ3v) is 4.00. The Hall–Kier alpha value is -1.54. The maximum absolute atomic E-state index is 14.3. The quantitative estimate of drug-likeness (QED) is 0.839. The maximum atomic E-state index is 14.3. The van der Waals surface area contributed by atoms with Crippen LogP contribution in [0.25, 0.3) is 0 Å². The first-order chi connectivity index (χ1) is 9.36. The van der Waals surface area contributed by atoms with Gasteiger partial charge in [-0.15, -0.1) is 0 Å². The van der Waals surface area contributed by atoms with Crippen LogP contribution in [0.4, 0.5) is 8.78 Å². The molecule has 1 aromatic rings. The van der Waals surface area contributed by atoms with Gasteiger partial charge in [0.25, 0.3) is 5.56 Å². The summed E-state index contributed by atoms with van der Waals surface area (Å²) in [4.78, 5) is 24.4. The van der Waals surface area contributed by atoms with Crippen LogP contribution in [-0.2, 0) is 4.74 Å². The molecule has 1 aliphatic heterocycles. The normalized spacial score (nSPS) is 33.5. The van der Waals surface area contributed by atoms with Gasteiger partial charge in [-0.05, 0) is 6.42 Å². The molecule has 8 heteroatoms. The van der Waals surface area contributed by atoms with E-state index in [1.807, 2.05) is 0 Å². The number of aliphatic hydroxyl groups is 1. The Kier molecular flexibility index (Phi) is 3.79. The number of alkyl halides is 1. The highest BCUT2D eigenvalue weighted by Gasteiger charge is 2.53. The van der Waals surface area contributed by atoms with Crippen LogP contribution in [0.3, 0.4) is 0 Å². The van der Waals surface area contributed by atoms with Crippen molar-refractivity contribution >= 4 is 0 Å². The average molecular weight is 290 g/mol. The Labute approximate surface area is 113 Å². The lowest BCUT2D eigenvalue weighted by molar-refractivity contribution is -0.116. The van der Waals surface area contributed by atoms with Crippen molar-refractivity contribution < 1.29 is 18.6 Å². The molecule has 0 aromatic carbocycles. The van der Waals surface area contributed by atoms with Crippen LogP contribution in [0.5, 0.6) is 0 Å². The highest BCUT2D eigenvalue weighted by molar-refractivity contribution is 5.00. The monoisotopic (exact) mass is 290 g/mol. The number of ether oxygens (including phenoxy) is 1. The second-order valence-corrected chi connectivity index (χ2v) is 4.96. The van der Waals surface area contributed by atoms with Crippen molar-refractivity contribution in [2.24, 2.45) is 5.92 Å². The fourth-order valence-corrected chi connectivity index (χ4v) is 2.51. The minimum absolute atomic E-state index is 0.335. The zero-order chi connectivity index (χ0) is 15.1. The lowest BCUT2D eigenvalue weighted by Crippen LogP contribution is -2.39. The molecule has 1 aliphatic rings. The number of hydrogen-bond acceptors (Lipinski definition) is 4. The van der Waals surface area contributed by atoms with Gasteiger partial charge in [0.15, 0.2) is 12.4 Å². The highest BCUT2D eigenvalue weighted by atomic mass is 19.1. The van der Waals surface area contributed by atoms with E-state index >= 15 is 0 Å². The van der Waals surface area contributed by atoms with Crippen LogP contribution in [0.2, 0.25) is 0 Å². The van der Waals surface area contributed by atoms with Gasteiger partial charge in [0.2, 0.25) is 5.82 Å². The third-order valence-electron chi connectivity index (χ3n) is 4.00. The predicted molar refractivity (Wildman–Crippen MR) is 65.6 cm³/mol. The van der Waals surface area contributed by atoms with Crippen molar-refractivity contribution in [1.29, 1.82) is 0 Å². The molecule has 0 radical (unpaired) electrons. The molecule has 20 heavy (non-hydrogen) atoms. The van der Waals surface area contributed by atoms with Gasteiger partial charge in [-0.2, -0.15) is 4.39 Å². The minimum atomic E-state index is -1.61. The molecule has 0 saturated carbocycles. The Morgan fingerprint density at radius 2 is 2.20 bits per heavy atom. The summed E-state index contributed by atoms with van der Waals surface area (Å²) >= 11 is 0. The summed E-state index contributed by atoms with van der Waals surface area (Å²) in [5, 5.41) is 9.43. The molecule has 0 unspecified atom stereocenters. The lowest BCUT2D eigenvalue weighted by atomic mass is 9.86. The molecule has 4 atom stereocenters. The van der Waals surface area contributed by atoms with Gasteiger partial charge in [-0.3, -0.25) is 14.3 Å². The van der Waals surface area contributed by atoms with E-state index in [0.29, 0.717) is 17.2 Å². The van der Waals surface area contributed by atoms with Crippen molar-refractivity contribution in [2.45, 2.75) is 38.3 Å². The molecule has 0 amide bonds. The predicted octanol–water partition coefficient (Wildman–Crippen LogP) is 0.320. The summed E-state index contributed by atoms with van der Waals surface area (Å²) < 4.78 is 33.8. The van der Waals surface area contributed by atoms with Gasteiger partial charge in [0.05, 0.1) is 18.4 Å².